The lowest BCUT2D eigenvalue weighted by Crippen LogP contribution is -2.21. The largest absolute Gasteiger partial charge is 0.388 e. The van der Waals surface area contributed by atoms with Crippen LogP contribution in [0.15, 0.2) is 0 Å². The Bertz CT molecular complexity index is 339. The van der Waals surface area contributed by atoms with Crippen molar-refractivity contribution in [3.05, 3.63) is 11.6 Å². The molecule has 0 saturated carbocycles. The van der Waals surface area contributed by atoms with Gasteiger partial charge in [0.25, 0.3) is 0 Å². The maximum atomic E-state index is 9.13. The van der Waals surface area contributed by atoms with E-state index in [1.807, 2.05) is 11.5 Å². The molecule has 0 fully saturated rings. The predicted octanol–water partition coefficient (Wildman–Crippen LogP) is 2.01. The van der Waals surface area contributed by atoms with E-state index in [2.05, 4.69) is 37.9 Å². The van der Waals surface area contributed by atoms with Crippen molar-refractivity contribution in [2.45, 2.75) is 54.2 Å². The molecule has 0 amide bonds. The summed E-state index contributed by atoms with van der Waals surface area (Å²) in [6.07, 6.45) is 0.907. The minimum absolute atomic E-state index is 0.0370. The van der Waals surface area contributed by atoms with Gasteiger partial charge in [-0.05, 0) is 18.3 Å². The summed E-state index contributed by atoms with van der Waals surface area (Å²) < 4.78 is 2.00. The minimum atomic E-state index is -0.0370. The highest BCUT2D eigenvalue weighted by molar-refractivity contribution is 4.97. The van der Waals surface area contributed by atoms with E-state index >= 15 is 0 Å². The van der Waals surface area contributed by atoms with E-state index in [1.54, 1.807) is 0 Å². The molecule has 0 aliphatic carbocycles. The molecule has 0 aliphatic heterocycles. The number of hydrogen-bond acceptors (Lipinski definition) is 3. The molecule has 1 aromatic rings. The summed E-state index contributed by atoms with van der Waals surface area (Å²) in [5.41, 5.74) is 0.268. The Morgan fingerprint density at radius 3 is 2.25 bits per heavy atom. The van der Waals surface area contributed by atoms with E-state index in [-0.39, 0.29) is 12.0 Å². The molecule has 0 radical (unpaired) electrons. The first-order chi connectivity index (χ1) is 7.40. The van der Waals surface area contributed by atoms with Gasteiger partial charge in [-0.2, -0.15) is 0 Å². The highest BCUT2D eigenvalue weighted by Gasteiger charge is 2.23. The van der Waals surface area contributed by atoms with Crippen LogP contribution in [-0.4, -0.2) is 19.9 Å². The van der Waals surface area contributed by atoms with E-state index in [4.69, 9.17) is 5.11 Å². The van der Waals surface area contributed by atoms with Crippen molar-refractivity contribution >= 4 is 0 Å². The fraction of sp³-hybridized carbons (Fsp3) is 0.833. The molecular weight excluding hydrogens is 202 g/mol. The van der Waals surface area contributed by atoms with E-state index in [0.29, 0.717) is 11.7 Å². The Kier molecular flexibility index (Phi) is 4.08. The Balaban J connectivity index is 2.85. The molecular formula is C12H23N3O. The standard InChI is InChI=1S/C12H23N3O/c1-6-15-10(13-14-11(15)8-16)7-9(2)12(3,4)5/h9,16H,6-8H2,1-5H3. The second-order valence-corrected chi connectivity index (χ2v) is 5.41. The summed E-state index contributed by atoms with van der Waals surface area (Å²) in [5.74, 6) is 2.18. The van der Waals surface area contributed by atoms with Gasteiger partial charge in [0.05, 0.1) is 0 Å². The van der Waals surface area contributed by atoms with Crippen molar-refractivity contribution in [2.24, 2.45) is 11.3 Å². The number of hydrogen-bond donors (Lipinski definition) is 1. The Hall–Kier alpha value is -0.900. The van der Waals surface area contributed by atoms with Crippen molar-refractivity contribution in [2.75, 3.05) is 0 Å². The first-order valence-electron chi connectivity index (χ1n) is 5.92. The van der Waals surface area contributed by atoms with Crippen LogP contribution in [0.1, 0.15) is 46.3 Å². The molecule has 1 rings (SSSR count). The van der Waals surface area contributed by atoms with E-state index < -0.39 is 0 Å². The second kappa shape index (κ2) is 4.95. The first-order valence-corrected chi connectivity index (χ1v) is 5.92. The molecule has 1 N–H and O–H groups in total. The summed E-state index contributed by atoms with van der Waals surface area (Å²) in [6.45, 7) is 11.8. The van der Waals surface area contributed by atoms with Gasteiger partial charge in [0.1, 0.15) is 12.4 Å². The summed E-state index contributed by atoms with van der Waals surface area (Å²) in [5, 5.41) is 17.3. The lowest BCUT2D eigenvalue weighted by Gasteiger charge is -2.26. The zero-order chi connectivity index (χ0) is 12.3. The van der Waals surface area contributed by atoms with Crippen LogP contribution in [0.4, 0.5) is 0 Å². The van der Waals surface area contributed by atoms with Crippen LogP contribution < -0.4 is 0 Å². The van der Waals surface area contributed by atoms with Gasteiger partial charge in [-0.25, -0.2) is 0 Å². The minimum Gasteiger partial charge on any atom is -0.388 e. The van der Waals surface area contributed by atoms with E-state index in [1.165, 1.54) is 0 Å². The zero-order valence-electron chi connectivity index (χ0n) is 11.0. The highest BCUT2D eigenvalue weighted by atomic mass is 16.3. The lowest BCUT2D eigenvalue weighted by molar-refractivity contribution is 0.251. The topological polar surface area (TPSA) is 50.9 Å². The number of aliphatic hydroxyl groups is 1. The van der Waals surface area contributed by atoms with Crippen LogP contribution in [0.3, 0.4) is 0 Å². The maximum absolute atomic E-state index is 9.13. The molecule has 0 bridgehead atoms. The van der Waals surface area contributed by atoms with Crippen molar-refractivity contribution in [3.63, 3.8) is 0 Å². The van der Waals surface area contributed by atoms with Gasteiger partial charge in [-0.15, -0.1) is 10.2 Å². The van der Waals surface area contributed by atoms with Crippen LogP contribution in [-0.2, 0) is 19.6 Å². The molecule has 1 aromatic heterocycles. The summed E-state index contributed by atoms with van der Waals surface area (Å²) in [4.78, 5) is 0. The first kappa shape index (κ1) is 13.2. The number of aromatic nitrogens is 3. The molecule has 4 nitrogen and oxygen atoms in total. The third kappa shape index (κ3) is 2.82. The number of aliphatic hydroxyl groups excluding tert-OH is 1. The molecule has 0 aliphatic rings. The monoisotopic (exact) mass is 225 g/mol. The van der Waals surface area contributed by atoms with E-state index in [9.17, 15) is 0 Å². The van der Waals surface area contributed by atoms with Crippen molar-refractivity contribution in [1.29, 1.82) is 0 Å². The number of rotatable bonds is 4. The van der Waals surface area contributed by atoms with Crippen LogP contribution in [0.2, 0.25) is 0 Å². The van der Waals surface area contributed by atoms with Gasteiger partial charge >= 0.3 is 0 Å². The molecule has 0 saturated heterocycles. The van der Waals surface area contributed by atoms with Crippen LogP contribution in [0.25, 0.3) is 0 Å². The molecule has 16 heavy (non-hydrogen) atoms. The van der Waals surface area contributed by atoms with Crippen molar-refractivity contribution < 1.29 is 5.11 Å². The van der Waals surface area contributed by atoms with Crippen LogP contribution >= 0.6 is 0 Å². The average molecular weight is 225 g/mol. The molecule has 1 unspecified atom stereocenters. The van der Waals surface area contributed by atoms with E-state index in [0.717, 1.165) is 18.8 Å². The van der Waals surface area contributed by atoms with Gasteiger partial charge in [-0.3, -0.25) is 0 Å². The highest BCUT2D eigenvalue weighted by Crippen LogP contribution is 2.28. The third-order valence-corrected chi connectivity index (χ3v) is 3.33. The second-order valence-electron chi connectivity index (χ2n) is 5.41. The molecule has 1 atom stereocenters. The summed E-state index contributed by atoms with van der Waals surface area (Å²) in [6, 6.07) is 0. The zero-order valence-corrected chi connectivity index (χ0v) is 11.0. The smallest absolute Gasteiger partial charge is 0.158 e. The molecule has 4 heteroatoms. The number of nitrogens with zero attached hydrogens (tertiary/aromatic N) is 3. The molecule has 1 heterocycles. The lowest BCUT2D eigenvalue weighted by atomic mass is 9.80. The van der Waals surface area contributed by atoms with Gasteiger partial charge in [0, 0.05) is 13.0 Å². The van der Waals surface area contributed by atoms with Crippen molar-refractivity contribution in [1.82, 2.24) is 14.8 Å². The fourth-order valence-electron chi connectivity index (χ4n) is 1.59. The molecule has 0 aromatic carbocycles. The van der Waals surface area contributed by atoms with Gasteiger partial charge in [0.2, 0.25) is 0 Å². The van der Waals surface area contributed by atoms with Gasteiger partial charge in [-0.1, -0.05) is 27.7 Å². The quantitative estimate of drug-likeness (QED) is 0.853. The summed E-state index contributed by atoms with van der Waals surface area (Å²) in [7, 11) is 0. The SMILES string of the molecule is CCn1c(CO)nnc1CC(C)C(C)(C)C. The summed E-state index contributed by atoms with van der Waals surface area (Å²) >= 11 is 0. The van der Waals surface area contributed by atoms with Gasteiger partial charge < -0.3 is 9.67 Å². The Morgan fingerprint density at radius 2 is 1.81 bits per heavy atom. The Labute approximate surface area is 97.7 Å². The van der Waals surface area contributed by atoms with Crippen LogP contribution in [0, 0.1) is 11.3 Å². The molecule has 92 valence electrons. The normalized spacial score (nSPS) is 14.1. The maximum Gasteiger partial charge on any atom is 0.158 e. The van der Waals surface area contributed by atoms with Crippen LogP contribution in [0.5, 0.6) is 0 Å². The third-order valence-electron chi connectivity index (χ3n) is 3.33. The van der Waals surface area contributed by atoms with Crippen molar-refractivity contribution in [3.8, 4) is 0 Å². The molecule has 0 spiro atoms. The van der Waals surface area contributed by atoms with Gasteiger partial charge in [0.15, 0.2) is 5.82 Å². The predicted molar refractivity (Wildman–Crippen MR) is 63.9 cm³/mol. The average Bonchev–Trinajstić information content (AvgIpc) is 2.58. The Morgan fingerprint density at radius 1 is 1.25 bits per heavy atom. The fourth-order valence-corrected chi connectivity index (χ4v) is 1.59.